The van der Waals surface area contributed by atoms with Gasteiger partial charge in [0.1, 0.15) is 18.3 Å². The van der Waals surface area contributed by atoms with Crippen molar-refractivity contribution in [1.29, 1.82) is 0 Å². The number of carbonyl (C=O) groups excluding carboxylic acids is 2. The van der Waals surface area contributed by atoms with Crippen molar-refractivity contribution in [3.63, 3.8) is 0 Å². The third-order valence-electron chi connectivity index (χ3n) is 7.74. The highest BCUT2D eigenvalue weighted by molar-refractivity contribution is 7.92. The molecule has 0 bridgehead atoms. The molecular formula is C36H37ClF3N3O5S. The lowest BCUT2D eigenvalue weighted by molar-refractivity contribution is -0.140. The summed E-state index contributed by atoms with van der Waals surface area (Å²) in [6, 6.07) is 23.0. The number of sulfonamides is 1. The summed E-state index contributed by atoms with van der Waals surface area (Å²) in [7, 11) is -3.14. The van der Waals surface area contributed by atoms with E-state index in [-0.39, 0.29) is 17.9 Å². The van der Waals surface area contributed by atoms with Gasteiger partial charge in [-0.15, -0.1) is 0 Å². The third-order valence-corrected chi connectivity index (χ3v) is 9.86. The maximum Gasteiger partial charge on any atom is 0.417 e. The molecule has 2 amide bonds. The molecule has 0 aliphatic heterocycles. The van der Waals surface area contributed by atoms with Gasteiger partial charge in [0.05, 0.1) is 28.3 Å². The van der Waals surface area contributed by atoms with Crippen molar-refractivity contribution in [3.05, 3.63) is 124 Å². The van der Waals surface area contributed by atoms with Crippen LogP contribution in [0.4, 0.5) is 18.9 Å². The van der Waals surface area contributed by atoms with E-state index in [4.69, 9.17) is 16.3 Å². The number of nitrogens with one attached hydrogen (secondary N) is 1. The molecule has 0 radical (unpaired) electrons. The van der Waals surface area contributed by atoms with E-state index in [0.717, 1.165) is 23.3 Å². The van der Waals surface area contributed by atoms with Gasteiger partial charge in [-0.25, -0.2) is 8.42 Å². The Bertz CT molecular complexity index is 1860. The standard InChI is InChI=1S/C36H37ClF3N3O5S/c1-4-19-41-35(45)33(21-26-9-6-5-7-10-26)42(23-27-11-8-12-29(20-27)48-3)34(44)24-43(49(46,47)30-16-13-25(2)14-17-30)28-15-18-32(37)31(22-28)36(38,39)40/h5-18,20,22,33H,4,19,21,23-24H2,1-3H3,(H,41,45)/t33-/m0/s1. The Labute approximate surface area is 289 Å². The van der Waals surface area contributed by atoms with Crippen LogP contribution in [0.15, 0.2) is 102 Å². The monoisotopic (exact) mass is 715 g/mol. The number of carbonyl (C=O) groups is 2. The molecule has 0 aromatic heterocycles. The van der Waals surface area contributed by atoms with Crippen LogP contribution in [0.5, 0.6) is 5.75 Å². The summed E-state index contributed by atoms with van der Waals surface area (Å²) in [5.41, 5.74) is 0.366. The molecular weight excluding hydrogens is 679 g/mol. The highest BCUT2D eigenvalue weighted by atomic mass is 35.5. The van der Waals surface area contributed by atoms with Crippen LogP contribution in [-0.4, -0.2) is 51.4 Å². The molecule has 0 saturated heterocycles. The molecule has 49 heavy (non-hydrogen) atoms. The minimum Gasteiger partial charge on any atom is -0.497 e. The Kier molecular flexibility index (Phi) is 12.3. The molecule has 13 heteroatoms. The fourth-order valence-electron chi connectivity index (χ4n) is 5.14. The van der Waals surface area contributed by atoms with Gasteiger partial charge in [-0.1, -0.05) is 78.7 Å². The van der Waals surface area contributed by atoms with Crippen molar-refractivity contribution < 1.29 is 35.9 Å². The second-order valence-corrected chi connectivity index (χ2v) is 13.6. The number of alkyl halides is 3. The Morgan fingerprint density at radius 2 is 1.59 bits per heavy atom. The third kappa shape index (κ3) is 9.54. The molecule has 8 nitrogen and oxygen atoms in total. The number of ether oxygens (including phenoxy) is 1. The molecule has 0 spiro atoms. The van der Waals surface area contributed by atoms with Crippen molar-refractivity contribution in [3.8, 4) is 5.75 Å². The Morgan fingerprint density at radius 1 is 0.918 bits per heavy atom. The molecule has 1 N–H and O–H groups in total. The lowest BCUT2D eigenvalue weighted by atomic mass is 10.0. The van der Waals surface area contributed by atoms with Crippen LogP contribution in [0.1, 0.15) is 35.6 Å². The maximum absolute atomic E-state index is 14.5. The first-order chi connectivity index (χ1) is 23.2. The number of anilines is 1. The molecule has 0 unspecified atom stereocenters. The summed E-state index contributed by atoms with van der Waals surface area (Å²) in [5, 5.41) is 2.21. The fourth-order valence-corrected chi connectivity index (χ4v) is 6.77. The van der Waals surface area contributed by atoms with Crippen LogP contribution < -0.4 is 14.4 Å². The van der Waals surface area contributed by atoms with Crippen molar-refractivity contribution in [2.45, 2.75) is 50.3 Å². The number of hydrogen-bond acceptors (Lipinski definition) is 5. The highest BCUT2D eigenvalue weighted by Gasteiger charge is 2.37. The van der Waals surface area contributed by atoms with Gasteiger partial charge in [0.25, 0.3) is 10.0 Å². The van der Waals surface area contributed by atoms with Gasteiger partial charge in [-0.05, 0) is 66.9 Å². The topological polar surface area (TPSA) is 96.0 Å². The van der Waals surface area contributed by atoms with Crippen LogP contribution in [-0.2, 0) is 38.8 Å². The van der Waals surface area contributed by atoms with E-state index in [1.165, 1.54) is 24.1 Å². The molecule has 4 aromatic carbocycles. The predicted octanol–water partition coefficient (Wildman–Crippen LogP) is 7.04. The molecule has 0 saturated carbocycles. The van der Waals surface area contributed by atoms with Crippen LogP contribution in [0, 0.1) is 6.92 Å². The molecule has 4 aromatic rings. The maximum atomic E-state index is 14.5. The molecule has 0 aliphatic carbocycles. The van der Waals surface area contributed by atoms with Gasteiger partial charge < -0.3 is 15.0 Å². The molecule has 260 valence electrons. The van der Waals surface area contributed by atoms with Gasteiger partial charge in [0, 0.05) is 19.5 Å². The second kappa shape index (κ2) is 16.2. The van der Waals surface area contributed by atoms with Gasteiger partial charge in [0.15, 0.2) is 0 Å². The summed E-state index contributed by atoms with van der Waals surface area (Å²) < 4.78 is 76.2. The normalized spacial score (nSPS) is 12.2. The summed E-state index contributed by atoms with van der Waals surface area (Å²) in [5.74, 6) is -0.806. The van der Waals surface area contributed by atoms with Crippen molar-refractivity contribution in [1.82, 2.24) is 10.2 Å². The van der Waals surface area contributed by atoms with Crippen molar-refractivity contribution in [2.75, 3.05) is 24.5 Å². The van der Waals surface area contributed by atoms with Crippen LogP contribution >= 0.6 is 11.6 Å². The van der Waals surface area contributed by atoms with E-state index in [9.17, 15) is 31.2 Å². The van der Waals surface area contributed by atoms with Gasteiger partial charge in [0.2, 0.25) is 11.8 Å². The van der Waals surface area contributed by atoms with E-state index >= 15 is 0 Å². The van der Waals surface area contributed by atoms with E-state index in [1.807, 2.05) is 13.0 Å². The lowest BCUT2D eigenvalue weighted by Gasteiger charge is -2.34. The zero-order valence-corrected chi connectivity index (χ0v) is 28.8. The van der Waals surface area contributed by atoms with Crippen molar-refractivity contribution >= 4 is 39.1 Å². The van der Waals surface area contributed by atoms with E-state index < -0.39 is 56.9 Å². The average Bonchev–Trinajstić information content (AvgIpc) is 3.08. The first kappa shape index (κ1) is 37.3. The summed E-state index contributed by atoms with van der Waals surface area (Å²) in [4.78, 5) is 29.3. The lowest BCUT2D eigenvalue weighted by Crippen LogP contribution is -2.53. The average molecular weight is 716 g/mol. The number of methoxy groups -OCH3 is 1. The Balaban J connectivity index is 1.87. The SMILES string of the molecule is CCCNC(=O)[C@H](Cc1ccccc1)N(Cc1cccc(OC)c1)C(=O)CN(c1ccc(Cl)c(C(F)(F)F)c1)S(=O)(=O)c1ccc(C)cc1. The van der Waals surface area contributed by atoms with Crippen molar-refractivity contribution in [2.24, 2.45) is 0 Å². The first-order valence-corrected chi connectivity index (χ1v) is 17.3. The minimum absolute atomic E-state index is 0.0793. The molecule has 4 rings (SSSR count). The minimum atomic E-state index is -4.91. The number of rotatable bonds is 14. The number of halogens is 4. The Morgan fingerprint density at radius 3 is 2.22 bits per heavy atom. The van der Waals surface area contributed by atoms with Crippen LogP contribution in [0.2, 0.25) is 5.02 Å². The van der Waals surface area contributed by atoms with E-state index in [1.54, 1.807) is 67.6 Å². The quantitative estimate of drug-likeness (QED) is 0.151. The fraction of sp³-hybridized carbons (Fsp3) is 0.278. The largest absolute Gasteiger partial charge is 0.497 e. The molecule has 0 aliphatic rings. The molecule has 0 fully saturated rings. The smallest absolute Gasteiger partial charge is 0.417 e. The number of aryl methyl sites for hydroxylation is 1. The molecule has 0 heterocycles. The first-order valence-electron chi connectivity index (χ1n) is 15.4. The predicted molar refractivity (Wildman–Crippen MR) is 183 cm³/mol. The van der Waals surface area contributed by atoms with Crippen LogP contribution in [0.25, 0.3) is 0 Å². The summed E-state index contributed by atoms with van der Waals surface area (Å²) >= 11 is 5.88. The second-order valence-electron chi connectivity index (χ2n) is 11.4. The van der Waals surface area contributed by atoms with E-state index in [0.29, 0.717) is 34.7 Å². The number of hydrogen-bond donors (Lipinski definition) is 1. The van der Waals surface area contributed by atoms with Crippen LogP contribution in [0.3, 0.4) is 0 Å². The zero-order valence-electron chi connectivity index (χ0n) is 27.2. The Hall–Kier alpha value is -4.55. The molecule has 1 atom stereocenters. The summed E-state index contributed by atoms with van der Waals surface area (Å²) in [6.07, 6.45) is -4.21. The number of amides is 2. The number of nitrogens with zero attached hydrogens (tertiary/aromatic N) is 2. The number of benzene rings is 4. The van der Waals surface area contributed by atoms with Gasteiger partial charge >= 0.3 is 6.18 Å². The highest BCUT2D eigenvalue weighted by Crippen LogP contribution is 2.38. The summed E-state index contributed by atoms with van der Waals surface area (Å²) in [6.45, 7) is 2.88. The zero-order chi connectivity index (χ0) is 35.8. The van der Waals surface area contributed by atoms with Gasteiger partial charge in [-0.2, -0.15) is 13.2 Å². The van der Waals surface area contributed by atoms with Gasteiger partial charge in [-0.3, -0.25) is 13.9 Å². The van der Waals surface area contributed by atoms with E-state index in [2.05, 4.69) is 5.32 Å².